The molecule has 0 spiro atoms. The second kappa shape index (κ2) is 4.46. The van der Waals surface area contributed by atoms with Gasteiger partial charge in [0.05, 0.1) is 12.7 Å². The number of carbonyl (C=O) groups excluding carboxylic acids is 1. The van der Waals surface area contributed by atoms with Crippen LogP contribution in [0.4, 0.5) is 8.78 Å². The number of aldehydes is 1. The van der Waals surface area contributed by atoms with E-state index in [1.807, 2.05) is 0 Å². The molecule has 1 aromatic heterocycles. The number of alkyl halides is 2. The molecule has 1 aromatic rings. The highest BCUT2D eigenvalue weighted by Gasteiger charge is 2.19. The molecule has 1 heterocycles. The summed E-state index contributed by atoms with van der Waals surface area (Å²) in [5.74, 6) is -0.202. The van der Waals surface area contributed by atoms with Crippen LogP contribution in [0.3, 0.4) is 0 Å². The van der Waals surface area contributed by atoms with Crippen LogP contribution in [0.2, 0.25) is 0 Å². The van der Waals surface area contributed by atoms with E-state index in [4.69, 9.17) is 5.26 Å². The van der Waals surface area contributed by atoms with Gasteiger partial charge in [-0.15, -0.1) is 0 Å². The monoisotopic (exact) mass is 212 g/mol. The van der Waals surface area contributed by atoms with Gasteiger partial charge >= 0.3 is 0 Å². The molecule has 0 unspecified atom stereocenters. The molecule has 0 N–H and O–H groups in total. The summed E-state index contributed by atoms with van der Waals surface area (Å²) in [6, 6.07) is 2.74. The highest BCUT2D eigenvalue weighted by molar-refractivity contribution is 5.76. The van der Waals surface area contributed by atoms with Crippen molar-refractivity contribution in [2.75, 3.05) is 7.11 Å². The number of carbonyl (C=O) groups is 1. The molecular weight excluding hydrogens is 206 g/mol. The summed E-state index contributed by atoms with van der Waals surface area (Å²) in [6.07, 6.45) is -2.60. The van der Waals surface area contributed by atoms with E-state index in [0.29, 0.717) is 0 Å². The minimum absolute atomic E-state index is 0.0914. The first-order valence-electron chi connectivity index (χ1n) is 3.86. The predicted molar refractivity (Wildman–Crippen MR) is 45.8 cm³/mol. The number of rotatable bonds is 3. The predicted octanol–water partition coefficient (Wildman–Crippen LogP) is 1.71. The molecule has 0 aliphatic carbocycles. The van der Waals surface area contributed by atoms with Crippen LogP contribution >= 0.6 is 0 Å². The molecule has 0 amide bonds. The van der Waals surface area contributed by atoms with Crippen molar-refractivity contribution < 1.29 is 18.3 Å². The van der Waals surface area contributed by atoms with Gasteiger partial charge in [0.1, 0.15) is 23.2 Å². The molecule has 0 radical (unpaired) electrons. The van der Waals surface area contributed by atoms with Crippen molar-refractivity contribution in [1.82, 2.24) is 4.98 Å². The van der Waals surface area contributed by atoms with Gasteiger partial charge in [0, 0.05) is 6.07 Å². The molecule has 4 nitrogen and oxygen atoms in total. The third-order valence-electron chi connectivity index (χ3n) is 1.70. The Hall–Kier alpha value is -2.03. The van der Waals surface area contributed by atoms with Crippen molar-refractivity contribution in [3.63, 3.8) is 0 Å². The first-order valence-corrected chi connectivity index (χ1v) is 3.86. The van der Waals surface area contributed by atoms with Crippen molar-refractivity contribution in [2.45, 2.75) is 6.43 Å². The van der Waals surface area contributed by atoms with Crippen LogP contribution in [-0.4, -0.2) is 18.4 Å². The summed E-state index contributed by atoms with van der Waals surface area (Å²) in [4.78, 5) is 13.8. The Morgan fingerprint density at radius 3 is 2.73 bits per heavy atom. The number of pyridine rings is 1. The number of nitriles is 1. The minimum Gasteiger partial charge on any atom is -0.495 e. The molecule has 0 aromatic carbocycles. The number of methoxy groups -OCH3 is 1. The molecule has 0 bridgehead atoms. The van der Waals surface area contributed by atoms with Crippen molar-refractivity contribution in [3.8, 4) is 11.8 Å². The maximum atomic E-state index is 12.4. The van der Waals surface area contributed by atoms with Crippen LogP contribution in [-0.2, 0) is 0 Å². The lowest BCUT2D eigenvalue weighted by atomic mass is 10.2. The van der Waals surface area contributed by atoms with Gasteiger partial charge in [-0.1, -0.05) is 0 Å². The van der Waals surface area contributed by atoms with Gasteiger partial charge < -0.3 is 4.74 Å². The number of nitrogens with zero attached hydrogens (tertiary/aromatic N) is 2. The van der Waals surface area contributed by atoms with Crippen LogP contribution in [0, 0.1) is 11.3 Å². The average Bonchev–Trinajstić information content (AvgIpc) is 2.26. The SMILES string of the molecule is COc1cc(C#N)c(C=O)nc1C(F)F. The molecule has 6 heteroatoms. The van der Waals surface area contributed by atoms with Crippen molar-refractivity contribution in [2.24, 2.45) is 0 Å². The number of hydrogen-bond donors (Lipinski definition) is 0. The summed E-state index contributed by atoms with van der Waals surface area (Å²) in [6.45, 7) is 0. The van der Waals surface area contributed by atoms with Gasteiger partial charge in [-0.25, -0.2) is 13.8 Å². The lowest BCUT2D eigenvalue weighted by Crippen LogP contribution is -2.02. The normalized spacial score (nSPS) is 9.80. The van der Waals surface area contributed by atoms with Crippen LogP contribution in [0.5, 0.6) is 5.75 Å². The zero-order valence-corrected chi connectivity index (χ0v) is 7.70. The van der Waals surface area contributed by atoms with Gasteiger partial charge in [0.15, 0.2) is 6.29 Å². The maximum absolute atomic E-state index is 12.4. The van der Waals surface area contributed by atoms with Gasteiger partial charge in [-0.05, 0) is 0 Å². The van der Waals surface area contributed by atoms with E-state index in [9.17, 15) is 13.6 Å². The standard InChI is InChI=1S/C9H6F2N2O2/c1-15-7-2-5(3-12)6(4-14)13-8(7)9(10)11/h2,4,9H,1H3. The Balaban J connectivity index is 3.42. The molecule has 0 fully saturated rings. The van der Waals surface area contributed by atoms with E-state index in [2.05, 4.69) is 9.72 Å². The molecular formula is C9H6F2N2O2. The lowest BCUT2D eigenvalue weighted by Gasteiger charge is -2.07. The fraction of sp³-hybridized carbons (Fsp3) is 0.222. The van der Waals surface area contributed by atoms with Crippen molar-refractivity contribution in [1.29, 1.82) is 5.26 Å². The van der Waals surface area contributed by atoms with Gasteiger partial charge in [-0.2, -0.15) is 5.26 Å². The number of ether oxygens (including phenoxy) is 1. The zero-order valence-electron chi connectivity index (χ0n) is 7.70. The summed E-state index contributed by atoms with van der Waals surface area (Å²) in [5, 5.41) is 8.61. The van der Waals surface area contributed by atoms with Crippen LogP contribution in [0.1, 0.15) is 28.2 Å². The summed E-state index contributed by atoms with van der Waals surface area (Å²) in [7, 11) is 1.19. The topological polar surface area (TPSA) is 63.0 Å². The number of halogens is 2. The fourth-order valence-electron chi connectivity index (χ4n) is 1.02. The van der Waals surface area contributed by atoms with E-state index in [1.165, 1.54) is 7.11 Å². The Morgan fingerprint density at radius 2 is 2.33 bits per heavy atom. The fourth-order valence-corrected chi connectivity index (χ4v) is 1.02. The van der Waals surface area contributed by atoms with Crippen LogP contribution < -0.4 is 4.74 Å². The van der Waals surface area contributed by atoms with E-state index < -0.39 is 12.1 Å². The number of aromatic nitrogens is 1. The van der Waals surface area contributed by atoms with Crippen molar-refractivity contribution >= 4 is 6.29 Å². The lowest BCUT2D eigenvalue weighted by molar-refractivity contribution is 0.111. The van der Waals surface area contributed by atoms with Crippen LogP contribution in [0.25, 0.3) is 0 Å². The quantitative estimate of drug-likeness (QED) is 0.715. The summed E-state index contributed by atoms with van der Waals surface area (Å²) in [5.41, 5.74) is -1.04. The summed E-state index contributed by atoms with van der Waals surface area (Å²) < 4.78 is 29.5. The largest absolute Gasteiger partial charge is 0.495 e. The molecule has 1 rings (SSSR count). The third-order valence-corrected chi connectivity index (χ3v) is 1.70. The highest BCUT2D eigenvalue weighted by Crippen LogP contribution is 2.28. The van der Waals surface area contributed by atoms with Crippen LogP contribution in [0.15, 0.2) is 6.07 Å². The van der Waals surface area contributed by atoms with Gasteiger partial charge in [-0.3, -0.25) is 4.79 Å². The molecule has 0 saturated heterocycles. The molecule has 0 aliphatic heterocycles. The van der Waals surface area contributed by atoms with Gasteiger partial charge in [0.25, 0.3) is 6.43 Å². The van der Waals surface area contributed by atoms with Gasteiger partial charge in [0.2, 0.25) is 0 Å². The minimum atomic E-state index is -2.86. The Morgan fingerprint density at radius 1 is 1.67 bits per heavy atom. The molecule has 78 valence electrons. The molecule has 0 atom stereocenters. The highest BCUT2D eigenvalue weighted by atomic mass is 19.3. The molecule has 0 aliphatic rings. The Labute approximate surface area is 84.1 Å². The summed E-state index contributed by atoms with van der Waals surface area (Å²) >= 11 is 0. The Kier molecular flexibility index (Phi) is 3.29. The van der Waals surface area contributed by atoms with Crippen molar-refractivity contribution in [3.05, 3.63) is 23.0 Å². The second-order valence-corrected chi connectivity index (χ2v) is 2.54. The number of hydrogen-bond acceptors (Lipinski definition) is 4. The Bertz CT molecular complexity index is 427. The smallest absolute Gasteiger partial charge is 0.284 e. The van der Waals surface area contributed by atoms with E-state index >= 15 is 0 Å². The zero-order chi connectivity index (χ0) is 11.4. The first kappa shape index (κ1) is 11.0. The molecule has 15 heavy (non-hydrogen) atoms. The average molecular weight is 212 g/mol. The first-order chi connectivity index (χ1) is 7.13. The second-order valence-electron chi connectivity index (χ2n) is 2.54. The van der Waals surface area contributed by atoms with E-state index in [1.54, 1.807) is 6.07 Å². The maximum Gasteiger partial charge on any atom is 0.284 e. The third kappa shape index (κ3) is 2.07. The van der Waals surface area contributed by atoms with E-state index in [-0.39, 0.29) is 23.3 Å². The van der Waals surface area contributed by atoms with E-state index in [0.717, 1.165) is 6.07 Å². The molecule has 0 saturated carbocycles.